The molecule has 0 unspecified atom stereocenters. The molecule has 2 aromatic carbocycles. The van der Waals surface area contributed by atoms with Gasteiger partial charge in [-0.15, -0.1) is 0 Å². The lowest BCUT2D eigenvalue weighted by Crippen LogP contribution is -1.88. The largest absolute Gasteiger partial charge is 0.399 e. The maximum absolute atomic E-state index is 5.92. The van der Waals surface area contributed by atoms with E-state index < -0.39 is 0 Å². The molecule has 0 amide bonds. The summed E-state index contributed by atoms with van der Waals surface area (Å²) in [4.78, 5) is 4.82. The molecule has 0 atom stereocenters. The Hall–Kier alpha value is -2.81. The van der Waals surface area contributed by atoms with Gasteiger partial charge in [0.2, 0.25) is 0 Å². The second-order valence-corrected chi connectivity index (χ2v) is 5.33. The van der Waals surface area contributed by atoms with Gasteiger partial charge in [0.15, 0.2) is 0 Å². The summed E-state index contributed by atoms with van der Waals surface area (Å²) in [5.41, 5.74) is 11.0. The third-order valence-electron chi connectivity index (χ3n) is 3.89. The molecule has 4 aromatic rings. The van der Waals surface area contributed by atoms with Gasteiger partial charge in [0, 0.05) is 29.0 Å². The van der Waals surface area contributed by atoms with E-state index in [2.05, 4.69) is 35.7 Å². The van der Waals surface area contributed by atoms with E-state index in [0.717, 1.165) is 27.8 Å². The fourth-order valence-electron chi connectivity index (χ4n) is 2.77. The maximum Gasteiger partial charge on any atom is 0.145 e. The Morgan fingerprint density at radius 3 is 2.76 bits per heavy atom. The molecule has 0 aliphatic rings. The number of benzene rings is 2. The zero-order valence-electron chi connectivity index (χ0n) is 11.7. The van der Waals surface area contributed by atoms with Crippen molar-refractivity contribution in [2.45, 2.75) is 6.92 Å². The minimum atomic E-state index is 0.760. The first-order valence-corrected chi connectivity index (χ1v) is 6.95. The van der Waals surface area contributed by atoms with Gasteiger partial charge in [-0.1, -0.05) is 30.3 Å². The number of hydrogen-bond acceptors (Lipinski definition) is 2. The first-order valence-electron chi connectivity index (χ1n) is 6.95. The van der Waals surface area contributed by atoms with Gasteiger partial charge in [-0.2, -0.15) is 0 Å². The van der Waals surface area contributed by atoms with Crippen LogP contribution >= 0.6 is 0 Å². The normalized spacial score (nSPS) is 11.3. The Labute approximate surface area is 122 Å². The van der Waals surface area contributed by atoms with Gasteiger partial charge in [0.05, 0.1) is 5.69 Å². The Bertz CT molecular complexity index is 967. The van der Waals surface area contributed by atoms with E-state index >= 15 is 0 Å². The summed E-state index contributed by atoms with van der Waals surface area (Å²) in [5, 5.41) is 2.23. The first-order chi connectivity index (χ1) is 10.2. The Morgan fingerprint density at radius 2 is 1.90 bits per heavy atom. The monoisotopic (exact) mass is 273 g/mol. The van der Waals surface area contributed by atoms with Crippen LogP contribution in [0.3, 0.4) is 0 Å². The van der Waals surface area contributed by atoms with E-state index in [1.54, 1.807) is 0 Å². The van der Waals surface area contributed by atoms with E-state index in [0.29, 0.717) is 0 Å². The fourth-order valence-corrected chi connectivity index (χ4v) is 2.77. The number of nitrogens with two attached hydrogens (primary N) is 1. The zero-order chi connectivity index (χ0) is 14.4. The molecular weight excluding hydrogens is 258 g/mol. The van der Waals surface area contributed by atoms with Crippen LogP contribution in [0.4, 0.5) is 5.69 Å². The second-order valence-electron chi connectivity index (χ2n) is 5.33. The van der Waals surface area contributed by atoms with Gasteiger partial charge in [0.1, 0.15) is 5.65 Å². The molecule has 0 saturated heterocycles. The fraction of sp³-hybridized carbons (Fsp3) is 0.0556. The van der Waals surface area contributed by atoms with Crippen LogP contribution in [0.2, 0.25) is 0 Å². The lowest BCUT2D eigenvalue weighted by molar-refractivity contribution is 1.20. The topological polar surface area (TPSA) is 43.3 Å². The molecule has 3 heteroatoms. The van der Waals surface area contributed by atoms with Crippen molar-refractivity contribution in [1.82, 2.24) is 9.38 Å². The van der Waals surface area contributed by atoms with Gasteiger partial charge >= 0.3 is 0 Å². The minimum absolute atomic E-state index is 0.760. The van der Waals surface area contributed by atoms with Crippen LogP contribution in [0.1, 0.15) is 5.56 Å². The molecule has 2 aromatic heterocycles. The molecule has 2 N–H and O–H groups in total. The van der Waals surface area contributed by atoms with Crippen molar-refractivity contribution >= 4 is 22.1 Å². The van der Waals surface area contributed by atoms with E-state index in [9.17, 15) is 0 Å². The average molecular weight is 273 g/mol. The average Bonchev–Trinajstić information content (AvgIpc) is 2.92. The van der Waals surface area contributed by atoms with Gasteiger partial charge in [0.25, 0.3) is 0 Å². The van der Waals surface area contributed by atoms with Gasteiger partial charge in [-0.05, 0) is 36.1 Å². The maximum atomic E-state index is 5.92. The predicted octanol–water partition coefficient (Wildman–Crippen LogP) is 4.05. The van der Waals surface area contributed by atoms with E-state index in [-0.39, 0.29) is 0 Å². The molecule has 0 saturated carbocycles. The standard InChI is InChI=1S/C18H15N3/c1-12-4-2-3-5-15(12)17-11-21-9-8-13-6-7-14(19)10-16(13)18(21)20-17/h2-11H,19H2,1H3. The van der Waals surface area contributed by atoms with E-state index in [4.69, 9.17) is 10.7 Å². The van der Waals surface area contributed by atoms with Crippen LogP contribution in [0.25, 0.3) is 27.7 Å². The van der Waals surface area contributed by atoms with Crippen molar-refractivity contribution in [1.29, 1.82) is 0 Å². The molecule has 2 heterocycles. The number of nitrogen functional groups attached to an aromatic ring is 1. The summed E-state index contributed by atoms with van der Waals surface area (Å²) >= 11 is 0. The van der Waals surface area contributed by atoms with E-state index in [1.807, 2.05) is 36.5 Å². The Kier molecular flexibility index (Phi) is 2.48. The smallest absolute Gasteiger partial charge is 0.145 e. The Morgan fingerprint density at radius 1 is 1.05 bits per heavy atom. The molecule has 4 rings (SSSR count). The highest BCUT2D eigenvalue weighted by Crippen LogP contribution is 2.27. The molecule has 0 spiro atoms. The number of rotatable bonds is 1. The number of fused-ring (bicyclic) bond motifs is 3. The number of anilines is 1. The second kappa shape index (κ2) is 4.35. The third-order valence-corrected chi connectivity index (χ3v) is 3.89. The molecule has 3 nitrogen and oxygen atoms in total. The van der Waals surface area contributed by atoms with Crippen LogP contribution in [-0.2, 0) is 0 Å². The number of imidazole rings is 1. The predicted molar refractivity (Wildman–Crippen MR) is 87.3 cm³/mol. The van der Waals surface area contributed by atoms with Crippen LogP contribution in [0.5, 0.6) is 0 Å². The number of aryl methyl sites for hydroxylation is 1. The van der Waals surface area contributed by atoms with Gasteiger partial charge in [-0.25, -0.2) is 4.98 Å². The lowest BCUT2D eigenvalue weighted by Gasteiger charge is -2.01. The summed E-state index contributed by atoms with van der Waals surface area (Å²) in [6.07, 6.45) is 4.11. The number of nitrogens with zero attached hydrogens (tertiary/aromatic N) is 2. The molecule has 0 radical (unpaired) electrons. The van der Waals surface area contributed by atoms with Crippen molar-refractivity contribution < 1.29 is 0 Å². The highest BCUT2D eigenvalue weighted by atomic mass is 15.0. The van der Waals surface area contributed by atoms with Crippen LogP contribution in [-0.4, -0.2) is 9.38 Å². The lowest BCUT2D eigenvalue weighted by atomic mass is 10.1. The summed E-state index contributed by atoms with van der Waals surface area (Å²) < 4.78 is 2.06. The number of pyridine rings is 1. The first kappa shape index (κ1) is 12.0. The highest BCUT2D eigenvalue weighted by Gasteiger charge is 2.09. The quantitative estimate of drug-likeness (QED) is 0.532. The summed E-state index contributed by atoms with van der Waals surface area (Å²) in [6.45, 7) is 2.11. The van der Waals surface area contributed by atoms with Crippen molar-refractivity contribution in [3.05, 3.63) is 66.5 Å². The summed E-state index contributed by atoms with van der Waals surface area (Å²) in [5.74, 6) is 0. The van der Waals surface area contributed by atoms with E-state index in [1.165, 1.54) is 11.1 Å². The number of aromatic nitrogens is 2. The summed E-state index contributed by atoms with van der Waals surface area (Å²) in [7, 11) is 0. The van der Waals surface area contributed by atoms with Crippen LogP contribution in [0.15, 0.2) is 60.9 Å². The van der Waals surface area contributed by atoms with Crippen molar-refractivity contribution in [2.75, 3.05) is 5.73 Å². The van der Waals surface area contributed by atoms with Crippen LogP contribution < -0.4 is 5.73 Å². The summed E-state index contributed by atoms with van der Waals surface area (Å²) in [6, 6.07) is 16.3. The highest BCUT2D eigenvalue weighted by molar-refractivity contribution is 5.96. The zero-order valence-corrected chi connectivity index (χ0v) is 11.7. The van der Waals surface area contributed by atoms with Gasteiger partial charge in [-0.3, -0.25) is 0 Å². The van der Waals surface area contributed by atoms with Gasteiger partial charge < -0.3 is 10.1 Å². The minimum Gasteiger partial charge on any atom is -0.399 e. The van der Waals surface area contributed by atoms with Crippen LogP contribution in [0, 0.1) is 6.92 Å². The Balaban J connectivity index is 2.04. The molecule has 0 bridgehead atoms. The molecule has 0 fully saturated rings. The molecule has 0 aliphatic carbocycles. The number of hydrogen-bond donors (Lipinski definition) is 1. The molecule has 0 aliphatic heterocycles. The SMILES string of the molecule is Cc1ccccc1-c1cn2ccc3ccc(N)cc3c2n1. The van der Waals surface area contributed by atoms with Crippen molar-refractivity contribution in [2.24, 2.45) is 0 Å². The third kappa shape index (κ3) is 1.86. The molecular formula is C18H15N3. The van der Waals surface area contributed by atoms with Crippen molar-refractivity contribution in [3.63, 3.8) is 0 Å². The van der Waals surface area contributed by atoms with Crippen molar-refractivity contribution in [3.8, 4) is 11.3 Å². The molecule has 102 valence electrons. The molecule has 21 heavy (non-hydrogen) atoms.